The smallest absolute Gasteiger partial charge is 0.306 e. The van der Waals surface area contributed by atoms with E-state index in [1.807, 2.05) is 24.3 Å². The van der Waals surface area contributed by atoms with Gasteiger partial charge in [0.25, 0.3) is 0 Å². The Bertz CT molecular complexity index is 1240. The van der Waals surface area contributed by atoms with Gasteiger partial charge in [-0.1, -0.05) is 75.7 Å². The van der Waals surface area contributed by atoms with Gasteiger partial charge in [-0.05, 0) is 167 Å². The maximum absolute atomic E-state index is 12.9. The number of esters is 5. The number of hydrogen-bond acceptors (Lipinski definition) is 11. The van der Waals surface area contributed by atoms with Crippen molar-refractivity contribution >= 4 is 29.8 Å². The second-order valence-electron chi connectivity index (χ2n) is 19.3. The topological polar surface area (TPSA) is 135 Å². The van der Waals surface area contributed by atoms with Crippen LogP contribution in [0.4, 0.5) is 0 Å². The van der Waals surface area contributed by atoms with Crippen LogP contribution in [-0.4, -0.2) is 86.4 Å². The fraction of sp³-hybridized carbons (Fsp3) is 0.776. The van der Waals surface area contributed by atoms with Crippen molar-refractivity contribution in [3.8, 4) is 0 Å². The van der Waals surface area contributed by atoms with Crippen LogP contribution in [0.2, 0.25) is 0 Å². The monoisotopic (exact) mass is 970 g/mol. The first-order valence-electron chi connectivity index (χ1n) is 27.7. The molecule has 0 N–H and O–H groups in total. The first-order chi connectivity index (χ1) is 33.7. The Morgan fingerprint density at radius 1 is 0.377 bits per heavy atom. The predicted octanol–water partition coefficient (Wildman–Crippen LogP) is 14.2. The van der Waals surface area contributed by atoms with E-state index in [-0.39, 0.29) is 82.0 Å². The van der Waals surface area contributed by atoms with E-state index in [9.17, 15) is 24.0 Å². The third-order valence-corrected chi connectivity index (χ3v) is 12.9. The minimum Gasteiger partial charge on any atom is -0.465 e. The zero-order valence-electron chi connectivity index (χ0n) is 43.6. The zero-order chi connectivity index (χ0) is 50.3. The van der Waals surface area contributed by atoms with Gasteiger partial charge in [-0.15, -0.1) is 26.3 Å². The van der Waals surface area contributed by atoms with Gasteiger partial charge in [0.2, 0.25) is 0 Å². The van der Waals surface area contributed by atoms with E-state index in [1.54, 1.807) is 0 Å². The van der Waals surface area contributed by atoms with Crippen LogP contribution in [0.3, 0.4) is 0 Å². The van der Waals surface area contributed by atoms with Gasteiger partial charge in [0, 0.05) is 32.1 Å². The van der Waals surface area contributed by atoms with Gasteiger partial charge >= 0.3 is 29.8 Å². The minimum atomic E-state index is -0.535. The van der Waals surface area contributed by atoms with Crippen molar-refractivity contribution in [2.24, 2.45) is 5.92 Å². The number of nitrogens with zero attached hydrogens (tertiary/aromatic N) is 1. The maximum Gasteiger partial charge on any atom is 0.306 e. The summed E-state index contributed by atoms with van der Waals surface area (Å²) in [6.45, 7) is 18.0. The molecule has 0 bridgehead atoms. The van der Waals surface area contributed by atoms with Crippen LogP contribution in [0.15, 0.2) is 50.6 Å². The Hall–Kier alpha value is -3.73. The molecule has 0 unspecified atom stereocenters. The molecule has 1 heterocycles. The molecule has 69 heavy (non-hydrogen) atoms. The number of carbonyl (C=O) groups is 5. The van der Waals surface area contributed by atoms with Crippen molar-refractivity contribution in [2.75, 3.05) is 39.5 Å². The van der Waals surface area contributed by atoms with Gasteiger partial charge in [0.15, 0.2) is 0 Å². The lowest BCUT2D eigenvalue weighted by atomic mass is 10.0. The SMILES string of the molecule is C=CCCCCCCC(CCCCCCC=C)OC(=O)CCCCC(=O)OCC(COC(=O)CCCCC(=O)OC(CCCCCCC=C)CCCCCCC=C)COC(=O)CCCN1CCCC1. The summed E-state index contributed by atoms with van der Waals surface area (Å²) in [4.78, 5) is 66.4. The van der Waals surface area contributed by atoms with Crippen molar-refractivity contribution < 1.29 is 47.7 Å². The highest BCUT2D eigenvalue weighted by Gasteiger charge is 2.20. The molecule has 0 aromatic carbocycles. The molecule has 1 aliphatic rings. The van der Waals surface area contributed by atoms with Crippen LogP contribution in [0.5, 0.6) is 0 Å². The first-order valence-corrected chi connectivity index (χ1v) is 27.7. The Morgan fingerprint density at radius 2 is 0.667 bits per heavy atom. The maximum atomic E-state index is 12.9. The Kier molecular flexibility index (Phi) is 42.8. The molecule has 1 rings (SSSR count). The molecule has 11 heteroatoms. The highest BCUT2D eigenvalue weighted by atomic mass is 16.6. The van der Waals surface area contributed by atoms with E-state index in [4.69, 9.17) is 23.7 Å². The second kappa shape index (κ2) is 46.6. The molecule has 0 amide bonds. The number of rotatable bonds is 50. The molecular weight excluding hydrogens is 871 g/mol. The van der Waals surface area contributed by atoms with Crippen LogP contribution in [-0.2, 0) is 47.7 Å². The molecular formula is C58H99NO10. The number of hydrogen-bond donors (Lipinski definition) is 0. The summed E-state index contributed by atoms with van der Waals surface area (Å²) in [6, 6.07) is 0. The third kappa shape index (κ3) is 40.7. The Morgan fingerprint density at radius 3 is 0.986 bits per heavy atom. The molecule has 11 nitrogen and oxygen atoms in total. The molecule has 1 aliphatic heterocycles. The summed E-state index contributed by atoms with van der Waals surface area (Å²) in [7, 11) is 0. The highest BCUT2D eigenvalue weighted by molar-refractivity contribution is 5.71. The number of carbonyl (C=O) groups excluding carboxylic acids is 5. The van der Waals surface area contributed by atoms with Crippen molar-refractivity contribution in [2.45, 2.75) is 243 Å². The average Bonchev–Trinajstić information content (AvgIpc) is 3.86. The number of likely N-dealkylation sites (tertiary alicyclic amines) is 1. The van der Waals surface area contributed by atoms with Crippen molar-refractivity contribution in [3.05, 3.63) is 50.6 Å². The lowest BCUT2D eigenvalue weighted by molar-refractivity contribution is -0.155. The molecule has 0 aromatic heterocycles. The van der Waals surface area contributed by atoms with E-state index >= 15 is 0 Å². The van der Waals surface area contributed by atoms with Gasteiger partial charge in [-0.2, -0.15) is 0 Å². The minimum absolute atomic E-state index is 0.0452. The van der Waals surface area contributed by atoms with Crippen LogP contribution in [0.25, 0.3) is 0 Å². The summed E-state index contributed by atoms with van der Waals surface area (Å²) < 4.78 is 28.6. The lowest BCUT2D eigenvalue weighted by Crippen LogP contribution is -2.27. The summed E-state index contributed by atoms with van der Waals surface area (Å²) in [6.07, 6.45) is 39.0. The summed E-state index contributed by atoms with van der Waals surface area (Å²) in [5, 5.41) is 0. The van der Waals surface area contributed by atoms with E-state index in [2.05, 4.69) is 31.2 Å². The molecule has 0 aromatic rings. The largest absolute Gasteiger partial charge is 0.465 e. The van der Waals surface area contributed by atoms with Gasteiger partial charge < -0.3 is 28.6 Å². The first kappa shape index (κ1) is 63.3. The molecule has 1 saturated heterocycles. The molecule has 0 atom stereocenters. The zero-order valence-corrected chi connectivity index (χ0v) is 43.6. The van der Waals surface area contributed by atoms with E-state index < -0.39 is 17.9 Å². The second-order valence-corrected chi connectivity index (χ2v) is 19.3. The molecule has 0 aliphatic carbocycles. The van der Waals surface area contributed by atoms with Gasteiger partial charge in [0.05, 0.1) is 5.92 Å². The summed E-state index contributed by atoms with van der Waals surface area (Å²) in [5.41, 5.74) is 0. The molecule has 0 saturated carbocycles. The van der Waals surface area contributed by atoms with E-state index in [0.717, 1.165) is 174 Å². The van der Waals surface area contributed by atoms with Crippen molar-refractivity contribution in [3.63, 3.8) is 0 Å². The van der Waals surface area contributed by atoms with Crippen molar-refractivity contribution in [1.29, 1.82) is 0 Å². The summed E-state index contributed by atoms with van der Waals surface area (Å²) >= 11 is 0. The number of ether oxygens (including phenoxy) is 5. The molecule has 0 radical (unpaired) electrons. The van der Waals surface area contributed by atoms with Crippen LogP contribution in [0, 0.1) is 5.92 Å². The Balaban J connectivity index is 2.58. The van der Waals surface area contributed by atoms with E-state index in [0.29, 0.717) is 32.1 Å². The van der Waals surface area contributed by atoms with Crippen LogP contribution >= 0.6 is 0 Å². The third-order valence-electron chi connectivity index (χ3n) is 12.9. The van der Waals surface area contributed by atoms with Gasteiger partial charge in [-0.3, -0.25) is 24.0 Å². The highest BCUT2D eigenvalue weighted by Crippen LogP contribution is 2.20. The fourth-order valence-corrected chi connectivity index (χ4v) is 8.59. The number of unbranched alkanes of at least 4 members (excludes halogenated alkanes) is 18. The molecule has 396 valence electrons. The number of allylic oxidation sites excluding steroid dienone is 4. The molecule has 1 fully saturated rings. The predicted molar refractivity (Wildman–Crippen MR) is 280 cm³/mol. The van der Waals surface area contributed by atoms with Gasteiger partial charge in [0.1, 0.15) is 32.0 Å². The van der Waals surface area contributed by atoms with Crippen LogP contribution < -0.4 is 0 Å². The Labute approximate surface area is 420 Å². The quantitative estimate of drug-likeness (QED) is 0.0249. The fourth-order valence-electron chi connectivity index (χ4n) is 8.59. The van der Waals surface area contributed by atoms with E-state index in [1.165, 1.54) is 12.8 Å². The van der Waals surface area contributed by atoms with Crippen molar-refractivity contribution in [1.82, 2.24) is 4.90 Å². The average molecular weight is 970 g/mol. The standard InChI is InChI=1S/C58H99NO10/c1-5-9-13-17-21-25-36-52(37-26-22-18-14-10-6-2)68-57(63)42-31-29-40-54(60)65-48-51(50-67-56(62)44-35-47-59-45-33-34-46-59)49-66-55(61)41-30-32-43-58(64)69-53(38-27-23-19-15-11-7-3)39-28-24-20-16-12-8-4/h5-8,51-53H,1-4,9-50H2. The summed E-state index contributed by atoms with van der Waals surface area (Å²) in [5.74, 6) is -2.17. The molecule has 0 spiro atoms. The lowest BCUT2D eigenvalue weighted by Gasteiger charge is -2.19. The van der Waals surface area contributed by atoms with Gasteiger partial charge in [-0.25, -0.2) is 0 Å². The normalized spacial score (nSPS) is 12.6. The van der Waals surface area contributed by atoms with Crippen LogP contribution in [0.1, 0.15) is 231 Å².